The van der Waals surface area contributed by atoms with Gasteiger partial charge in [-0.1, -0.05) is 0 Å². The van der Waals surface area contributed by atoms with Gasteiger partial charge in [0.15, 0.2) is 0 Å². The fraction of sp³-hybridized carbons (Fsp3) is 0.455. The zero-order chi connectivity index (χ0) is 14.6. The molecule has 0 aliphatic carbocycles. The molecule has 0 bridgehead atoms. The van der Waals surface area contributed by atoms with Crippen LogP contribution in [0.1, 0.15) is 30.2 Å². The molecule has 8 heteroatoms. The molecule has 0 radical (unpaired) electrons. The predicted molar refractivity (Wildman–Crippen MR) is 60.9 cm³/mol. The third kappa shape index (κ3) is 3.43. The summed E-state index contributed by atoms with van der Waals surface area (Å²) in [5, 5.41) is 10.7. The lowest BCUT2D eigenvalue weighted by Gasteiger charge is -2.11. The Labute approximate surface area is 107 Å². The fourth-order valence-corrected chi connectivity index (χ4v) is 1.62. The van der Waals surface area contributed by atoms with Crippen LogP contribution in [0.15, 0.2) is 6.20 Å². The monoisotopic (exact) mass is 274 g/mol. The number of hydrogen-bond donors (Lipinski definition) is 0. The van der Waals surface area contributed by atoms with Crippen LogP contribution < -0.4 is 0 Å². The molecule has 0 aromatic carbocycles. The van der Waals surface area contributed by atoms with E-state index in [1.807, 2.05) is 0 Å². The number of rotatable bonds is 5. The van der Waals surface area contributed by atoms with E-state index in [0.29, 0.717) is 0 Å². The molecule has 0 aliphatic heterocycles. The normalized spacial score (nSPS) is 10.6. The smallest absolute Gasteiger partial charge is 0.310 e. The van der Waals surface area contributed by atoms with Crippen molar-refractivity contribution in [2.75, 3.05) is 6.61 Å². The molecule has 1 aromatic heterocycles. The Kier molecular flexibility index (Phi) is 4.85. The van der Waals surface area contributed by atoms with Crippen LogP contribution in [0.25, 0.3) is 0 Å². The van der Waals surface area contributed by atoms with Gasteiger partial charge in [0.2, 0.25) is 0 Å². The second-order valence-corrected chi connectivity index (χ2v) is 3.66. The highest BCUT2D eigenvalue weighted by Crippen LogP contribution is 2.33. The number of carbonyl (C=O) groups excluding carboxylic acids is 1. The van der Waals surface area contributed by atoms with E-state index in [9.17, 15) is 23.7 Å². The number of hydrogen-bond acceptors (Lipinski definition) is 5. The molecular weight excluding hydrogens is 262 g/mol. The Balaban J connectivity index is 3.31. The molecule has 1 aromatic rings. The highest BCUT2D eigenvalue weighted by molar-refractivity contribution is 5.74. The average Bonchev–Trinajstić information content (AvgIpc) is 2.31. The fourth-order valence-electron chi connectivity index (χ4n) is 1.62. The van der Waals surface area contributed by atoms with Crippen molar-refractivity contribution < 1.29 is 23.2 Å². The minimum Gasteiger partial charge on any atom is -0.466 e. The van der Waals surface area contributed by atoms with Crippen molar-refractivity contribution in [3.63, 3.8) is 0 Å². The molecule has 6 nitrogen and oxygen atoms in total. The second kappa shape index (κ2) is 6.17. The summed E-state index contributed by atoms with van der Waals surface area (Å²) in [6.07, 6.45) is -2.76. The lowest BCUT2D eigenvalue weighted by atomic mass is 10.0. The number of aryl methyl sites for hydroxylation is 1. The predicted octanol–water partition coefficient (Wildman–Crippen LogP) is 2.34. The molecule has 0 unspecified atom stereocenters. The van der Waals surface area contributed by atoms with Crippen LogP contribution >= 0.6 is 0 Å². The van der Waals surface area contributed by atoms with Gasteiger partial charge in [-0.3, -0.25) is 19.9 Å². The van der Waals surface area contributed by atoms with Crippen molar-refractivity contribution in [2.24, 2.45) is 0 Å². The van der Waals surface area contributed by atoms with E-state index in [4.69, 9.17) is 0 Å². The number of alkyl halides is 2. The Hall–Kier alpha value is -2.12. The molecule has 0 amide bonds. The molecule has 0 saturated carbocycles. The summed E-state index contributed by atoms with van der Waals surface area (Å²) in [6, 6.07) is 0. The minimum absolute atomic E-state index is 0.101. The van der Waals surface area contributed by atoms with Gasteiger partial charge in [-0.2, -0.15) is 0 Å². The van der Waals surface area contributed by atoms with Gasteiger partial charge in [0.25, 0.3) is 12.1 Å². The third-order valence-corrected chi connectivity index (χ3v) is 2.46. The van der Waals surface area contributed by atoms with Crippen molar-refractivity contribution in [2.45, 2.75) is 26.7 Å². The first-order valence-corrected chi connectivity index (χ1v) is 5.45. The summed E-state index contributed by atoms with van der Waals surface area (Å²) < 4.78 is 30.6. The van der Waals surface area contributed by atoms with Crippen LogP contribution in [0, 0.1) is 17.0 Å². The zero-order valence-corrected chi connectivity index (χ0v) is 10.4. The number of pyridine rings is 1. The molecular formula is C11H12F2N2O4. The molecule has 0 saturated heterocycles. The summed E-state index contributed by atoms with van der Waals surface area (Å²) in [4.78, 5) is 24.8. The highest BCUT2D eigenvalue weighted by atomic mass is 19.3. The Morgan fingerprint density at radius 3 is 2.68 bits per heavy atom. The maximum atomic E-state index is 13.0. The molecule has 1 rings (SSSR count). The maximum Gasteiger partial charge on any atom is 0.310 e. The highest BCUT2D eigenvalue weighted by Gasteiger charge is 2.28. The van der Waals surface area contributed by atoms with Gasteiger partial charge in [0.1, 0.15) is 11.8 Å². The number of esters is 1. The molecule has 0 N–H and O–H groups in total. The summed E-state index contributed by atoms with van der Waals surface area (Å²) in [5.74, 6) is -0.727. The number of aromatic nitrogens is 1. The summed E-state index contributed by atoms with van der Waals surface area (Å²) in [6.45, 7) is 3.08. The van der Waals surface area contributed by atoms with Crippen LogP contribution in [-0.2, 0) is 16.0 Å². The van der Waals surface area contributed by atoms with Crippen molar-refractivity contribution in [1.29, 1.82) is 0 Å². The van der Waals surface area contributed by atoms with Crippen LogP contribution in [0.3, 0.4) is 0 Å². The summed E-state index contributed by atoms with van der Waals surface area (Å²) >= 11 is 0. The lowest BCUT2D eigenvalue weighted by molar-refractivity contribution is -0.386. The van der Waals surface area contributed by atoms with Crippen LogP contribution in [0.2, 0.25) is 0 Å². The van der Waals surface area contributed by atoms with Crippen LogP contribution in [-0.4, -0.2) is 22.5 Å². The Morgan fingerprint density at radius 2 is 2.21 bits per heavy atom. The number of ether oxygens (including phenoxy) is 1. The molecule has 1 heterocycles. The Morgan fingerprint density at radius 1 is 1.58 bits per heavy atom. The van der Waals surface area contributed by atoms with E-state index in [1.165, 1.54) is 6.92 Å². The van der Waals surface area contributed by atoms with Gasteiger partial charge in [0, 0.05) is 11.3 Å². The van der Waals surface area contributed by atoms with E-state index < -0.39 is 35.0 Å². The first-order chi connectivity index (χ1) is 8.88. The number of carbonyl (C=O) groups is 1. The van der Waals surface area contributed by atoms with Gasteiger partial charge in [-0.05, 0) is 13.8 Å². The lowest BCUT2D eigenvalue weighted by Crippen LogP contribution is -2.13. The molecule has 0 fully saturated rings. The minimum atomic E-state index is -3.06. The standard InChI is InChI=1S/C11H12F2N2O4/c1-3-19-9(16)4-7-6(2)14-5-8(15(17)18)10(7)11(12)13/h5,11H,3-4H2,1-2H3. The second-order valence-electron chi connectivity index (χ2n) is 3.66. The molecule has 104 valence electrons. The van der Waals surface area contributed by atoms with E-state index in [2.05, 4.69) is 9.72 Å². The van der Waals surface area contributed by atoms with Crippen molar-refractivity contribution in [3.8, 4) is 0 Å². The maximum absolute atomic E-state index is 13.0. The summed E-state index contributed by atoms with van der Waals surface area (Å²) in [5.41, 5.74) is -1.57. The number of nitrogens with zero attached hydrogens (tertiary/aromatic N) is 2. The molecule has 0 atom stereocenters. The Bertz CT molecular complexity index is 506. The van der Waals surface area contributed by atoms with Gasteiger partial charge < -0.3 is 4.74 Å². The van der Waals surface area contributed by atoms with E-state index in [0.717, 1.165) is 6.20 Å². The number of halogens is 2. The molecule has 0 aliphatic rings. The van der Waals surface area contributed by atoms with Crippen LogP contribution in [0.5, 0.6) is 0 Å². The topological polar surface area (TPSA) is 82.3 Å². The molecule has 0 spiro atoms. The van der Waals surface area contributed by atoms with Gasteiger partial charge in [-0.25, -0.2) is 8.78 Å². The van der Waals surface area contributed by atoms with Gasteiger partial charge >= 0.3 is 5.97 Å². The zero-order valence-electron chi connectivity index (χ0n) is 10.4. The van der Waals surface area contributed by atoms with Crippen molar-refractivity contribution in [3.05, 3.63) is 33.1 Å². The van der Waals surface area contributed by atoms with Crippen molar-refractivity contribution in [1.82, 2.24) is 4.98 Å². The van der Waals surface area contributed by atoms with E-state index in [-0.39, 0.29) is 17.9 Å². The van der Waals surface area contributed by atoms with E-state index in [1.54, 1.807) is 6.92 Å². The summed E-state index contributed by atoms with van der Waals surface area (Å²) in [7, 11) is 0. The first kappa shape index (κ1) is 14.9. The molecule has 19 heavy (non-hydrogen) atoms. The van der Waals surface area contributed by atoms with Crippen LogP contribution in [0.4, 0.5) is 14.5 Å². The van der Waals surface area contributed by atoms with E-state index >= 15 is 0 Å². The third-order valence-electron chi connectivity index (χ3n) is 2.46. The van der Waals surface area contributed by atoms with Crippen molar-refractivity contribution >= 4 is 11.7 Å². The quantitative estimate of drug-likeness (QED) is 0.467. The SMILES string of the molecule is CCOC(=O)Cc1c(C)ncc([N+](=O)[O-])c1C(F)F. The van der Waals surface area contributed by atoms with Gasteiger partial charge in [0.05, 0.1) is 18.0 Å². The average molecular weight is 274 g/mol. The van der Waals surface area contributed by atoms with Gasteiger partial charge in [-0.15, -0.1) is 0 Å². The first-order valence-electron chi connectivity index (χ1n) is 5.45. The largest absolute Gasteiger partial charge is 0.466 e. The number of nitro groups is 1.